The van der Waals surface area contributed by atoms with Crippen molar-refractivity contribution in [1.29, 1.82) is 0 Å². The van der Waals surface area contributed by atoms with Gasteiger partial charge in [0, 0.05) is 50.2 Å². The first kappa shape index (κ1) is 15.1. The molecule has 0 saturated carbocycles. The molecule has 0 aromatic heterocycles. The van der Waals surface area contributed by atoms with Gasteiger partial charge in [0.05, 0.1) is 0 Å². The number of hydrogen-bond acceptors (Lipinski definition) is 4. The van der Waals surface area contributed by atoms with E-state index in [4.69, 9.17) is 5.73 Å². The van der Waals surface area contributed by atoms with Crippen molar-refractivity contribution in [3.05, 3.63) is 23.3 Å². The van der Waals surface area contributed by atoms with Crippen LogP contribution in [0.1, 0.15) is 31.4 Å². The van der Waals surface area contributed by atoms with Crippen LogP contribution in [0.15, 0.2) is 12.1 Å². The second-order valence-corrected chi connectivity index (χ2v) is 5.74. The Morgan fingerprint density at radius 3 is 2.55 bits per heavy atom. The molecule has 0 bridgehead atoms. The van der Waals surface area contributed by atoms with Crippen LogP contribution in [0.25, 0.3) is 0 Å². The van der Waals surface area contributed by atoms with E-state index in [-0.39, 0.29) is 6.54 Å². The van der Waals surface area contributed by atoms with Crippen molar-refractivity contribution in [2.75, 3.05) is 43.0 Å². The van der Waals surface area contributed by atoms with Gasteiger partial charge in [0.2, 0.25) is 0 Å². The van der Waals surface area contributed by atoms with Gasteiger partial charge in [-0.05, 0) is 44.9 Å². The normalized spacial score (nSPS) is 21.8. The molecule has 0 spiro atoms. The molecule has 1 aliphatic rings. The number of hydrogen-bond donors (Lipinski definition) is 2. The Labute approximate surface area is 122 Å². The van der Waals surface area contributed by atoms with Crippen LogP contribution in [0.2, 0.25) is 0 Å². The van der Waals surface area contributed by atoms with Crippen molar-refractivity contribution in [2.24, 2.45) is 5.73 Å². The molecule has 1 aromatic rings. The SMILES string of the molecule is CCN(CC)c1cc(C)c2c(c1)C(O)(CN)CCN2C. The van der Waals surface area contributed by atoms with Crippen molar-refractivity contribution >= 4 is 11.4 Å². The quantitative estimate of drug-likeness (QED) is 0.881. The van der Waals surface area contributed by atoms with E-state index in [0.717, 1.165) is 30.9 Å². The average molecular weight is 277 g/mol. The summed E-state index contributed by atoms with van der Waals surface area (Å²) in [5.41, 5.74) is 9.47. The summed E-state index contributed by atoms with van der Waals surface area (Å²) in [7, 11) is 2.08. The van der Waals surface area contributed by atoms with Gasteiger partial charge in [0.1, 0.15) is 5.60 Å². The number of rotatable bonds is 4. The van der Waals surface area contributed by atoms with Crippen LogP contribution in [0, 0.1) is 6.92 Å². The van der Waals surface area contributed by atoms with Gasteiger partial charge in [0.15, 0.2) is 0 Å². The fourth-order valence-electron chi connectivity index (χ4n) is 3.20. The second kappa shape index (κ2) is 5.62. The van der Waals surface area contributed by atoms with Gasteiger partial charge >= 0.3 is 0 Å². The Hall–Kier alpha value is -1.26. The van der Waals surface area contributed by atoms with Gasteiger partial charge in [-0.2, -0.15) is 0 Å². The first-order valence-corrected chi connectivity index (χ1v) is 7.50. The summed E-state index contributed by atoms with van der Waals surface area (Å²) >= 11 is 0. The zero-order chi connectivity index (χ0) is 14.9. The number of nitrogens with zero attached hydrogens (tertiary/aromatic N) is 2. The lowest BCUT2D eigenvalue weighted by molar-refractivity contribution is 0.0351. The van der Waals surface area contributed by atoms with Gasteiger partial charge in [-0.25, -0.2) is 0 Å². The molecule has 0 fully saturated rings. The smallest absolute Gasteiger partial charge is 0.106 e. The monoisotopic (exact) mass is 277 g/mol. The molecule has 2 rings (SSSR count). The third kappa shape index (κ3) is 2.38. The van der Waals surface area contributed by atoms with Gasteiger partial charge in [0.25, 0.3) is 0 Å². The number of aryl methyl sites for hydroxylation is 1. The van der Waals surface area contributed by atoms with Crippen LogP contribution in [0.3, 0.4) is 0 Å². The molecule has 112 valence electrons. The highest BCUT2D eigenvalue weighted by Gasteiger charge is 2.36. The standard InChI is InChI=1S/C16H27N3O/c1-5-19(6-2)13-9-12(3)15-14(10-13)16(20,11-17)7-8-18(15)4/h9-10,20H,5-8,11,17H2,1-4H3. The molecule has 0 aliphatic carbocycles. The van der Waals surface area contributed by atoms with Crippen molar-refractivity contribution < 1.29 is 5.11 Å². The first-order chi connectivity index (χ1) is 9.46. The summed E-state index contributed by atoms with van der Waals surface area (Å²) in [6, 6.07) is 4.34. The van der Waals surface area contributed by atoms with Crippen molar-refractivity contribution in [3.8, 4) is 0 Å². The van der Waals surface area contributed by atoms with E-state index in [9.17, 15) is 5.11 Å². The molecule has 4 heteroatoms. The Morgan fingerprint density at radius 2 is 2.00 bits per heavy atom. The van der Waals surface area contributed by atoms with Gasteiger partial charge < -0.3 is 20.6 Å². The lowest BCUT2D eigenvalue weighted by atomic mass is 9.83. The molecule has 0 saturated heterocycles. The minimum atomic E-state index is -0.893. The molecule has 20 heavy (non-hydrogen) atoms. The van der Waals surface area contributed by atoms with Crippen LogP contribution in [0.4, 0.5) is 11.4 Å². The predicted molar refractivity (Wildman–Crippen MR) is 85.6 cm³/mol. The molecule has 3 N–H and O–H groups in total. The van der Waals surface area contributed by atoms with E-state index in [2.05, 4.69) is 49.8 Å². The summed E-state index contributed by atoms with van der Waals surface area (Å²) in [6.45, 7) is 9.46. The molecule has 0 amide bonds. The van der Waals surface area contributed by atoms with Crippen LogP contribution >= 0.6 is 0 Å². The molecule has 0 radical (unpaired) electrons. The molecule has 1 aliphatic heterocycles. The van der Waals surface area contributed by atoms with Crippen LogP contribution in [-0.2, 0) is 5.60 Å². The number of nitrogens with two attached hydrogens (primary N) is 1. The third-order valence-corrected chi connectivity index (χ3v) is 4.50. The Bertz CT molecular complexity index is 485. The predicted octanol–water partition coefficient (Wildman–Crippen LogP) is 1.83. The highest BCUT2D eigenvalue weighted by molar-refractivity contribution is 5.69. The topological polar surface area (TPSA) is 52.7 Å². The Kier molecular flexibility index (Phi) is 4.25. The van der Waals surface area contributed by atoms with E-state index in [0.29, 0.717) is 6.42 Å². The van der Waals surface area contributed by atoms with Gasteiger partial charge in [-0.3, -0.25) is 0 Å². The fraction of sp³-hybridized carbons (Fsp3) is 0.625. The second-order valence-electron chi connectivity index (χ2n) is 5.74. The maximum atomic E-state index is 10.9. The van der Waals surface area contributed by atoms with Crippen LogP contribution in [0.5, 0.6) is 0 Å². The minimum Gasteiger partial charge on any atom is -0.384 e. The van der Waals surface area contributed by atoms with Crippen LogP contribution < -0.4 is 15.5 Å². The number of anilines is 2. The number of benzene rings is 1. The lowest BCUT2D eigenvalue weighted by Gasteiger charge is -2.40. The first-order valence-electron chi connectivity index (χ1n) is 7.50. The zero-order valence-corrected chi connectivity index (χ0v) is 13.1. The minimum absolute atomic E-state index is 0.273. The Balaban J connectivity index is 2.59. The molecular formula is C16H27N3O. The third-order valence-electron chi connectivity index (χ3n) is 4.50. The van der Waals surface area contributed by atoms with Crippen molar-refractivity contribution in [3.63, 3.8) is 0 Å². The lowest BCUT2D eigenvalue weighted by Crippen LogP contribution is -2.44. The molecule has 1 heterocycles. The zero-order valence-electron chi connectivity index (χ0n) is 13.1. The van der Waals surface area contributed by atoms with Crippen molar-refractivity contribution in [1.82, 2.24) is 0 Å². The summed E-state index contributed by atoms with van der Waals surface area (Å²) in [4.78, 5) is 4.53. The number of aliphatic hydroxyl groups is 1. The average Bonchev–Trinajstić information content (AvgIpc) is 2.44. The largest absolute Gasteiger partial charge is 0.384 e. The summed E-state index contributed by atoms with van der Waals surface area (Å²) in [5, 5.41) is 10.9. The molecule has 4 nitrogen and oxygen atoms in total. The number of fused-ring (bicyclic) bond motifs is 1. The van der Waals surface area contributed by atoms with Crippen LogP contribution in [-0.4, -0.2) is 38.3 Å². The van der Waals surface area contributed by atoms with E-state index in [1.165, 1.54) is 11.3 Å². The fourth-order valence-corrected chi connectivity index (χ4v) is 3.20. The highest BCUT2D eigenvalue weighted by Crippen LogP contribution is 2.41. The van der Waals surface area contributed by atoms with E-state index >= 15 is 0 Å². The molecule has 1 aromatic carbocycles. The summed E-state index contributed by atoms with van der Waals surface area (Å²) in [6.07, 6.45) is 0.689. The molecule has 1 atom stereocenters. The van der Waals surface area contributed by atoms with Crippen molar-refractivity contribution in [2.45, 2.75) is 32.8 Å². The highest BCUT2D eigenvalue weighted by atomic mass is 16.3. The van der Waals surface area contributed by atoms with E-state index < -0.39 is 5.60 Å². The van der Waals surface area contributed by atoms with E-state index in [1.807, 2.05) is 0 Å². The van der Waals surface area contributed by atoms with E-state index in [1.54, 1.807) is 0 Å². The molecule has 1 unspecified atom stereocenters. The summed E-state index contributed by atoms with van der Waals surface area (Å²) < 4.78 is 0. The van der Waals surface area contributed by atoms with Gasteiger partial charge in [-0.15, -0.1) is 0 Å². The Morgan fingerprint density at radius 1 is 1.35 bits per heavy atom. The maximum Gasteiger partial charge on any atom is 0.106 e. The maximum absolute atomic E-state index is 10.9. The van der Waals surface area contributed by atoms with Gasteiger partial charge in [-0.1, -0.05) is 0 Å². The summed E-state index contributed by atoms with van der Waals surface area (Å²) in [5.74, 6) is 0. The molecular weight excluding hydrogens is 250 g/mol.